The Morgan fingerprint density at radius 3 is 2.56 bits per heavy atom. The topological polar surface area (TPSA) is 82.1 Å². The Labute approximate surface area is 158 Å². The first-order chi connectivity index (χ1) is 13.1. The normalized spacial score (nSPS) is 13.5. The van der Waals surface area contributed by atoms with Crippen molar-refractivity contribution < 1.29 is 19.4 Å². The number of hydrogen-bond acceptors (Lipinski definition) is 6. The van der Waals surface area contributed by atoms with Crippen LogP contribution < -0.4 is 10.2 Å². The highest BCUT2D eigenvalue weighted by Crippen LogP contribution is 2.35. The van der Waals surface area contributed by atoms with Crippen molar-refractivity contribution in [3.05, 3.63) is 41.5 Å². The molecule has 27 heavy (non-hydrogen) atoms. The van der Waals surface area contributed by atoms with E-state index < -0.39 is 0 Å². The molecule has 0 aliphatic carbocycles. The number of amides is 2. The van der Waals surface area contributed by atoms with Gasteiger partial charge in [-0.2, -0.15) is 0 Å². The molecular formula is C20H25N3O4. The minimum atomic E-state index is -0.305. The maximum Gasteiger partial charge on any atom is 0.261 e. The van der Waals surface area contributed by atoms with Gasteiger partial charge < -0.3 is 20.1 Å². The van der Waals surface area contributed by atoms with Crippen molar-refractivity contribution in [1.82, 2.24) is 10.2 Å². The summed E-state index contributed by atoms with van der Waals surface area (Å²) in [6.45, 7) is 2.11. The Bertz CT molecular complexity index is 830. The standard InChI is InChI=1S/C20H25N3O4/c1-21-8-9-22(2)17-7-6-16-18-14(17)4-3-5-15(18)19(25)23(20(16)26)10-12-27-13-11-24/h3-7,21,24H,8-13H2,1-2H3. The number of rotatable bonds is 9. The Morgan fingerprint density at radius 1 is 1.11 bits per heavy atom. The van der Waals surface area contributed by atoms with E-state index in [-0.39, 0.29) is 38.2 Å². The van der Waals surface area contributed by atoms with E-state index in [0.717, 1.165) is 24.2 Å². The fourth-order valence-electron chi connectivity index (χ4n) is 3.39. The minimum absolute atomic E-state index is 0.0894. The van der Waals surface area contributed by atoms with Gasteiger partial charge in [-0.1, -0.05) is 12.1 Å². The van der Waals surface area contributed by atoms with Crippen LogP contribution in [0.3, 0.4) is 0 Å². The highest BCUT2D eigenvalue weighted by Gasteiger charge is 2.33. The number of nitrogens with zero attached hydrogens (tertiary/aromatic N) is 2. The first-order valence-electron chi connectivity index (χ1n) is 9.06. The van der Waals surface area contributed by atoms with Gasteiger partial charge in [0.15, 0.2) is 0 Å². The number of carbonyl (C=O) groups excluding carboxylic acids is 2. The number of anilines is 1. The molecule has 0 saturated carbocycles. The summed E-state index contributed by atoms with van der Waals surface area (Å²) in [6, 6.07) is 9.30. The van der Waals surface area contributed by atoms with Gasteiger partial charge in [-0.3, -0.25) is 14.5 Å². The van der Waals surface area contributed by atoms with E-state index in [4.69, 9.17) is 9.84 Å². The van der Waals surface area contributed by atoms with Crippen molar-refractivity contribution in [2.75, 3.05) is 58.5 Å². The maximum absolute atomic E-state index is 12.9. The van der Waals surface area contributed by atoms with Crippen molar-refractivity contribution in [2.24, 2.45) is 0 Å². The van der Waals surface area contributed by atoms with Crippen LogP contribution in [0.15, 0.2) is 30.3 Å². The lowest BCUT2D eigenvalue weighted by Crippen LogP contribution is -2.42. The number of carbonyl (C=O) groups is 2. The van der Waals surface area contributed by atoms with Gasteiger partial charge in [-0.25, -0.2) is 0 Å². The van der Waals surface area contributed by atoms with E-state index in [0.29, 0.717) is 16.5 Å². The van der Waals surface area contributed by atoms with E-state index in [1.54, 1.807) is 12.1 Å². The second kappa shape index (κ2) is 8.47. The molecule has 0 saturated heterocycles. The van der Waals surface area contributed by atoms with E-state index in [1.165, 1.54) is 4.90 Å². The zero-order valence-corrected chi connectivity index (χ0v) is 15.7. The van der Waals surface area contributed by atoms with Crippen molar-refractivity contribution in [2.45, 2.75) is 0 Å². The molecule has 0 unspecified atom stereocenters. The van der Waals surface area contributed by atoms with Crippen molar-refractivity contribution >= 4 is 28.3 Å². The molecule has 1 aliphatic rings. The van der Waals surface area contributed by atoms with E-state index in [1.807, 2.05) is 32.3 Å². The van der Waals surface area contributed by atoms with Gasteiger partial charge in [0.2, 0.25) is 0 Å². The van der Waals surface area contributed by atoms with Crippen molar-refractivity contribution in [3.8, 4) is 0 Å². The maximum atomic E-state index is 12.9. The van der Waals surface area contributed by atoms with Crippen LogP contribution in [0.25, 0.3) is 10.8 Å². The molecule has 2 N–H and O–H groups in total. The minimum Gasteiger partial charge on any atom is -0.394 e. The van der Waals surface area contributed by atoms with Crippen molar-refractivity contribution in [1.29, 1.82) is 0 Å². The molecule has 2 amide bonds. The van der Waals surface area contributed by atoms with Gasteiger partial charge in [0.1, 0.15) is 0 Å². The van der Waals surface area contributed by atoms with E-state index in [9.17, 15) is 9.59 Å². The number of ether oxygens (including phenoxy) is 1. The molecular weight excluding hydrogens is 346 g/mol. The molecule has 2 aromatic rings. The zero-order valence-electron chi connectivity index (χ0n) is 15.7. The SMILES string of the molecule is CNCCN(C)c1ccc2c3c(cccc13)C(=O)N(CCOCCO)C2=O. The Kier molecular flexibility index (Phi) is 6.05. The molecule has 0 radical (unpaired) electrons. The number of nitrogens with one attached hydrogen (secondary N) is 1. The number of aliphatic hydroxyl groups excluding tert-OH is 1. The van der Waals surface area contributed by atoms with E-state index >= 15 is 0 Å². The van der Waals surface area contributed by atoms with Crippen LogP contribution in [-0.2, 0) is 4.74 Å². The largest absolute Gasteiger partial charge is 0.394 e. The molecule has 144 valence electrons. The van der Waals surface area contributed by atoms with Crippen LogP contribution in [0, 0.1) is 0 Å². The van der Waals surface area contributed by atoms with Gasteiger partial charge in [0.25, 0.3) is 11.8 Å². The Hall–Kier alpha value is -2.48. The molecule has 1 heterocycles. The number of likely N-dealkylation sites (N-methyl/N-ethyl adjacent to an activating group) is 2. The Balaban J connectivity index is 1.97. The second-order valence-electron chi connectivity index (χ2n) is 6.48. The third kappa shape index (κ3) is 3.66. The lowest BCUT2D eigenvalue weighted by Gasteiger charge is -2.29. The number of hydrogen-bond donors (Lipinski definition) is 2. The molecule has 0 spiro atoms. The second-order valence-corrected chi connectivity index (χ2v) is 6.48. The van der Waals surface area contributed by atoms with Crippen LogP contribution in [0.2, 0.25) is 0 Å². The predicted octanol–water partition coefficient (Wildman–Crippen LogP) is 1.10. The molecule has 3 rings (SSSR count). The average molecular weight is 371 g/mol. The summed E-state index contributed by atoms with van der Waals surface area (Å²) in [6.07, 6.45) is 0. The summed E-state index contributed by atoms with van der Waals surface area (Å²) in [7, 11) is 3.90. The van der Waals surface area contributed by atoms with Crippen LogP contribution >= 0.6 is 0 Å². The number of aliphatic hydroxyl groups is 1. The van der Waals surface area contributed by atoms with Crippen LogP contribution in [0.1, 0.15) is 20.7 Å². The molecule has 0 atom stereocenters. The summed E-state index contributed by atoms with van der Waals surface area (Å²) >= 11 is 0. The van der Waals surface area contributed by atoms with Gasteiger partial charge in [-0.05, 0) is 25.2 Å². The summed E-state index contributed by atoms with van der Waals surface area (Å²) in [5.41, 5.74) is 2.06. The summed E-state index contributed by atoms with van der Waals surface area (Å²) in [5, 5.41) is 13.5. The first kappa shape index (κ1) is 19.3. The monoisotopic (exact) mass is 371 g/mol. The van der Waals surface area contributed by atoms with Gasteiger partial charge in [-0.15, -0.1) is 0 Å². The average Bonchev–Trinajstić information content (AvgIpc) is 2.69. The molecule has 7 heteroatoms. The Morgan fingerprint density at radius 2 is 1.85 bits per heavy atom. The highest BCUT2D eigenvalue weighted by atomic mass is 16.5. The first-order valence-corrected chi connectivity index (χ1v) is 9.06. The number of benzene rings is 2. The molecule has 2 aromatic carbocycles. The smallest absolute Gasteiger partial charge is 0.261 e. The summed E-state index contributed by atoms with van der Waals surface area (Å²) < 4.78 is 5.22. The lowest BCUT2D eigenvalue weighted by atomic mass is 9.92. The lowest BCUT2D eigenvalue weighted by molar-refractivity contribution is 0.0478. The van der Waals surface area contributed by atoms with E-state index in [2.05, 4.69) is 10.2 Å². The third-order valence-electron chi connectivity index (χ3n) is 4.77. The fraction of sp³-hybridized carbons (Fsp3) is 0.400. The van der Waals surface area contributed by atoms with Crippen molar-refractivity contribution in [3.63, 3.8) is 0 Å². The highest BCUT2D eigenvalue weighted by molar-refractivity contribution is 6.26. The zero-order chi connectivity index (χ0) is 19.4. The molecule has 7 nitrogen and oxygen atoms in total. The third-order valence-corrected chi connectivity index (χ3v) is 4.77. The molecule has 0 fully saturated rings. The predicted molar refractivity (Wildman–Crippen MR) is 104 cm³/mol. The van der Waals surface area contributed by atoms with Crippen LogP contribution in [0.4, 0.5) is 5.69 Å². The summed E-state index contributed by atoms with van der Waals surface area (Å²) in [4.78, 5) is 29.1. The fourth-order valence-corrected chi connectivity index (χ4v) is 3.39. The van der Waals surface area contributed by atoms with Gasteiger partial charge in [0.05, 0.1) is 26.4 Å². The number of imide groups is 1. The van der Waals surface area contributed by atoms with Gasteiger partial charge in [0, 0.05) is 47.7 Å². The molecule has 1 aliphatic heterocycles. The summed E-state index contributed by atoms with van der Waals surface area (Å²) in [5.74, 6) is -0.610. The molecule has 0 bridgehead atoms. The van der Waals surface area contributed by atoms with Crippen LogP contribution in [-0.4, -0.2) is 75.4 Å². The quantitative estimate of drug-likeness (QED) is 0.507. The molecule has 0 aromatic heterocycles. The van der Waals surface area contributed by atoms with Gasteiger partial charge >= 0.3 is 0 Å². The van der Waals surface area contributed by atoms with Crippen LogP contribution in [0.5, 0.6) is 0 Å².